The Balaban J connectivity index is 1.38. The van der Waals surface area contributed by atoms with Crippen LogP contribution in [0.25, 0.3) is 10.7 Å². The maximum Gasteiger partial charge on any atom is 0.413 e. The third-order valence-electron chi connectivity index (χ3n) is 4.91. The SMILES string of the molecule is Cc1nc(-c2ccn(C[C@@H](C)c3ccccc3)n2)sc1OC(=O)NCc1ccccc1. The summed E-state index contributed by atoms with van der Waals surface area (Å²) in [6.45, 7) is 5.20. The predicted molar refractivity (Wildman–Crippen MR) is 122 cm³/mol. The summed E-state index contributed by atoms with van der Waals surface area (Å²) in [7, 11) is 0. The van der Waals surface area contributed by atoms with E-state index in [2.05, 4.69) is 46.6 Å². The lowest BCUT2D eigenvalue weighted by molar-refractivity contribution is 0.201. The molecule has 2 aromatic carbocycles. The van der Waals surface area contributed by atoms with Gasteiger partial charge in [-0.15, -0.1) is 0 Å². The zero-order chi connectivity index (χ0) is 21.6. The Morgan fingerprint density at radius 2 is 1.81 bits per heavy atom. The standard InChI is InChI=1S/C24H24N4O2S/c1-17(20-11-7-4-8-12-20)16-28-14-13-21(27-28)22-26-18(2)23(31-22)30-24(29)25-15-19-9-5-3-6-10-19/h3-14,17H,15-16H2,1-2H3,(H,25,29)/t17-/m1/s1. The molecule has 1 N–H and O–H groups in total. The first-order valence-corrected chi connectivity index (χ1v) is 11.0. The topological polar surface area (TPSA) is 69.0 Å². The first kappa shape index (κ1) is 20.8. The van der Waals surface area contributed by atoms with Crippen LogP contribution in [0.1, 0.15) is 29.7 Å². The normalized spacial score (nSPS) is 11.8. The third-order valence-corrected chi connectivity index (χ3v) is 5.97. The van der Waals surface area contributed by atoms with Crippen molar-refractivity contribution in [3.63, 3.8) is 0 Å². The fraction of sp³-hybridized carbons (Fsp3) is 0.208. The minimum Gasteiger partial charge on any atom is -0.397 e. The zero-order valence-corrected chi connectivity index (χ0v) is 18.3. The second-order valence-corrected chi connectivity index (χ2v) is 8.32. The molecule has 0 aliphatic carbocycles. The Bertz CT molecular complexity index is 1140. The van der Waals surface area contributed by atoms with Gasteiger partial charge in [-0.2, -0.15) is 5.10 Å². The molecule has 31 heavy (non-hydrogen) atoms. The Kier molecular flexibility index (Phi) is 6.43. The van der Waals surface area contributed by atoms with E-state index in [0.29, 0.717) is 23.2 Å². The molecule has 6 nitrogen and oxygen atoms in total. The van der Waals surface area contributed by atoms with Crippen LogP contribution >= 0.6 is 11.3 Å². The quantitative estimate of drug-likeness (QED) is 0.424. The molecule has 1 amide bonds. The lowest BCUT2D eigenvalue weighted by atomic mass is 10.0. The van der Waals surface area contributed by atoms with E-state index in [0.717, 1.165) is 22.8 Å². The average molecular weight is 433 g/mol. The molecule has 1 atom stereocenters. The monoisotopic (exact) mass is 432 g/mol. The number of ether oxygens (including phenoxy) is 1. The zero-order valence-electron chi connectivity index (χ0n) is 17.5. The van der Waals surface area contributed by atoms with E-state index in [-0.39, 0.29) is 0 Å². The highest BCUT2D eigenvalue weighted by Crippen LogP contribution is 2.33. The van der Waals surface area contributed by atoms with Gasteiger partial charge in [0.05, 0.1) is 5.69 Å². The first-order valence-electron chi connectivity index (χ1n) is 10.1. The van der Waals surface area contributed by atoms with Crippen LogP contribution < -0.4 is 10.1 Å². The van der Waals surface area contributed by atoms with Crippen LogP contribution in [0.15, 0.2) is 72.9 Å². The summed E-state index contributed by atoms with van der Waals surface area (Å²) >= 11 is 1.32. The summed E-state index contributed by atoms with van der Waals surface area (Å²) in [6, 6.07) is 22.0. The van der Waals surface area contributed by atoms with Crippen molar-refractivity contribution in [2.75, 3.05) is 0 Å². The van der Waals surface area contributed by atoms with Crippen molar-refractivity contribution in [1.29, 1.82) is 0 Å². The lowest BCUT2D eigenvalue weighted by Crippen LogP contribution is -2.26. The fourth-order valence-corrected chi connectivity index (χ4v) is 4.10. The molecule has 4 rings (SSSR count). The number of carbonyl (C=O) groups is 1. The Morgan fingerprint density at radius 3 is 2.55 bits per heavy atom. The predicted octanol–water partition coefficient (Wildman–Crippen LogP) is 5.41. The molecule has 0 fully saturated rings. The second-order valence-electron chi connectivity index (χ2n) is 7.36. The second kappa shape index (κ2) is 9.57. The van der Waals surface area contributed by atoms with Crippen molar-refractivity contribution in [2.24, 2.45) is 0 Å². The molecule has 0 saturated heterocycles. The van der Waals surface area contributed by atoms with Crippen LogP contribution in [-0.4, -0.2) is 20.9 Å². The number of aromatic nitrogens is 3. The van der Waals surface area contributed by atoms with Gasteiger partial charge < -0.3 is 10.1 Å². The van der Waals surface area contributed by atoms with Crippen molar-refractivity contribution in [3.8, 4) is 15.8 Å². The molecule has 0 bridgehead atoms. The molecule has 7 heteroatoms. The fourth-order valence-electron chi connectivity index (χ4n) is 3.22. The van der Waals surface area contributed by atoms with Gasteiger partial charge in [-0.1, -0.05) is 78.9 Å². The smallest absolute Gasteiger partial charge is 0.397 e. The molecule has 0 saturated carbocycles. The highest BCUT2D eigenvalue weighted by atomic mass is 32.1. The number of hydrogen-bond acceptors (Lipinski definition) is 5. The summed E-state index contributed by atoms with van der Waals surface area (Å²) in [5, 5.41) is 8.64. The third kappa shape index (κ3) is 5.38. The van der Waals surface area contributed by atoms with Crippen LogP contribution in [0.2, 0.25) is 0 Å². The number of amides is 1. The minimum absolute atomic E-state index is 0.346. The summed E-state index contributed by atoms with van der Waals surface area (Å²) in [6.07, 6.45) is 1.46. The van der Waals surface area contributed by atoms with Crippen molar-refractivity contribution >= 4 is 17.4 Å². The van der Waals surface area contributed by atoms with Gasteiger partial charge in [-0.05, 0) is 24.1 Å². The van der Waals surface area contributed by atoms with Gasteiger partial charge in [0, 0.05) is 25.2 Å². The number of rotatable bonds is 7. The highest BCUT2D eigenvalue weighted by molar-refractivity contribution is 7.17. The summed E-state index contributed by atoms with van der Waals surface area (Å²) < 4.78 is 7.40. The van der Waals surface area contributed by atoms with Crippen molar-refractivity contribution in [1.82, 2.24) is 20.1 Å². The Labute approximate surface area is 185 Å². The summed E-state index contributed by atoms with van der Waals surface area (Å²) in [5.74, 6) is 0.346. The lowest BCUT2D eigenvalue weighted by Gasteiger charge is -2.11. The molecule has 2 heterocycles. The van der Waals surface area contributed by atoms with Gasteiger partial charge in [0.1, 0.15) is 10.7 Å². The molecule has 0 unspecified atom stereocenters. The summed E-state index contributed by atoms with van der Waals surface area (Å²) in [4.78, 5) is 16.7. The Morgan fingerprint density at radius 1 is 1.10 bits per heavy atom. The van der Waals surface area contributed by atoms with Gasteiger partial charge in [0.2, 0.25) is 5.06 Å². The van der Waals surface area contributed by atoms with Crippen molar-refractivity contribution in [3.05, 3.63) is 89.7 Å². The van der Waals surface area contributed by atoms with Gasteiger partial charge in [-0.25, -0.2) is 9.78 Å². The van der Waals surface area contributed by atoms with Gasteiger partial charge in [0.15, 0.2) is 0 Å². The number of thiazole rings is 1. The summed E-state index contributed by atoms with van der Waals surface area (Å²) in [5.41, 5.74) is 3.73. The maximum absolute atomic E-state index is 12.2. The van der Waals surface area contributed by atoms with E-state index in [1.54, 1.807) is 0 Å². The molecule has 0 spiro atoms. The number of nitrogens with one attached hydrogen (secondary N) is 1. The molecule has 0 aliphatic rings. The number of carbonyl (C=O) groups excluding carboxylic acids is 1. The van der Waals surface area contributed by atoms with Crippen molar-refractivity contribution in [2.45, 2.75) is 32.9 Å². The van der Waals surface area contributed by atoms with Gasteiger partial charge in [0.25, 0.3) is 0 Å². The number of hydrogen-bond donors (Lipinski definition) is 1. The first-order chi connectivity index (χ1) is 15.1. The highest BCUT2D eigenvalue weighted by Gasteiger charge is 2.16. The van der Waals surface area contributed by atoms with Crippen LogP contribution in [0.3, 0.4) is 0 Å². The van der Waals surface area contributed by atoms with Crippen molar-refractivity contribution < 1.29 is 9.53 Å². The van der Waals surface area contributed by atoms with Crippen LogP contribution in [0.4, 0.5) is 4.79 Å². The average Bonchev–Trinajstić information content (AvgIpc) is 3.40. The number of nitrogens with zero attached hydrogens (tertiary/aromatic N) is 3. The van der Waals surface area contributed by atoms with Gasteiger partial charge in [-0.3, -0.25) is 4.68 Å². The van der Waals surface area contributed by atoms with Crippen LogP contribution in [0.5, 0.6) is 5.06 Å². The minimum atomic E-state index is -0.496. The molecule has 0 aliphatic heterocycles. The molecule has 0 radical (unpaired) electrons. The van der Waals surface area contributed by atoms with E-state index in [1.807, 2.05) is 60.3 Å². The van der Waals surface area contributed by atoms with E-state index >= 15 is 0 Å². The van der Waals surface area contributed by atoms with E-state index in [9.17, 15) is 4.79 Å². The number of benzene rings is 2. The Hall–Kier alpha value is -3.45. The molecule has 4 aromatic rings. The molecular formula is C24H24N4O2S. The molecule has 2 aromatic heterocycles. The maximum atomic E-state index is 12.2. The van der Waals surface area contributed by atoms with Gasteiger partial charge >= 0.3 is 6.09 Å². The van der Waals surface area contributed by atoms with E-state index < -0.39 is 6.09 Å². The molecular weight excluding hydrogens is 408 g/mol. The van der Waals surface area contributed by atoms with E-state index in [4.69, 9.17) is 4.74 Å². The largest absolute Gasteiger partial charge is 0.413 e. The van der Waals surface area contributed by atoms with E-state index in [1.165, 1.54) is 16.9 Å². The number of aryl methyl sites for hydroxylation is 1. The van der Waals surface area contributed by atoms with Crippen LogP contribution in [0, 0.1) is 6.92 Å². The van der Waals surface area contributed by atoms with Crippen LogP contribution in [-0.2, 0) is 13.1 Å². The molecule has 158 valence electrons.